The third kappa shape index (κ3) is 5.51. The van der Waals surface area contributed by atoms with Gasteiger partial charge in [-0.1, -0.05) is 19.0 Å². The van der Waals surface area contributed by atoms with Crippen LogP contribution in [0.5, 0.6) is 0 Å². The lowest BCUT2D eigenvalue weighted by Gasteiger charge is -2.10. The number of nitrogens with one attached hydrogen (secondary N) is 1. The van der Waals surface area contributed by atoms with E-state index in [1.807, 2.05) is 0 Å². The van der Waals surface area contributed by atoms with Gasteiger partial charge < -0.3 is 5.32 Å². The van der Waals surface area contributed by atoms with Crippen LogP contribution < -0.4 is 5.32 Å². The number of rotatable bonds is 8. The summed E-state index contributed by atoms with van der Waals surface area (Å²) in [6, 6.07) is -1.61. The molecule has 7 nitrogen and oxygen atoms in total. The van der Waals surface area contributed by atoms with E-state index >= 15 is 0 Å². The molecule has 0 aromatic rings. The van der Waals surface area contributed by atoms with Crippen molar-refractivity contribution in [3.63, 3.8) is 0 Å². The third-order valence-corrected chi connectivity index (χ3v) is 2.63. The Morgan fingerprint density at radius 1 is 1.44 bits per heavy atom. The average Bonchev–Trinajstić information content (AvgIpc) is 2.37. The van der Waals surface area contributed by atoms with Gasteiger partial charge in [-0.2, -0.15) is 4.91 Å². The van der Waals surface area contributed by atoms with E-state index in [1.165, 1.54) is 13.0 Å². The van der Waals surface area contributed by atoms with Gasteiger partial charge in [0.05, 0.1) is 0 Å². The number of amides is 1. The van der Waals surface area contributed by atoms with Crippen LogP contribution in [0.2, 0.25) is 0 Å². The Labute approximate surface area is 106 Å². The maximum absolute atomic E-state index is 11.0. The summed E-state index contributed by atoms with van der Waals surface area (Å²) in [4.78, 5) is 31.9. The summed E-state index contributed by atoms with van der Waals surface area (Å²) in [5.41, 5.74) is 0.537. The molecule has 0 spiro atoms. The molecule has 0 aliphatic heterocycles. The molecule has 0 aromatic heterocycles. The van der Waals surface area contributed by atoms with Crippen LogP contribution in [-0.2, 0) is 4.79 Å². The van der Waals surface area contributed by atoms with Crippen LogP contribution in [-0.4, -0.2) is 29.5 Å². The number of carbonyl (C=O) groups excluding carboxylic acids is 1. The molecule has 18 heavy (non-hydrogen) atoms. The predicted molar refractivity (Wildman–Crippen MR) is 67.7 cm³/mol. The molecule has 0 radical (unpaired) electrons. The SMILES string of the molecule is CCC(=O)NCC(C=C(CC)C(C)[N+](=O)[O-])N=O. The van der Waals surface area contributed by atoms with Gasteiger partial charge in [0.15, 0.2) is 0 Å². The molecule has 0 aromatic carbocycles. The molecule has 0 rings (SSSR count). The third-order valence-electron chi connectivity index (χ3n) is 2.63. The normalized spacial score (nSPS) is 14.7. The molecule has 0 fully saturated rings. The second-order valence-electron chi connectivity index (χ2n) is 3.89. The van der Waals surface area contributed by atoms with Crippen molar-refractivity contribution < 1.29 is 9.72 Å². The Kier molecular flexibility index (Phi) is 7.50. The van der Waals surface area contributed by atoms with Gasteiger partial charge in [0.1, 0.15) is 6.04 Å². The van der Waals surface area contributed by atoms with E-state index in [4.69, 9.17) is 0 Å². The van der Waals surface area contributed by atoms with E-state index in [2.05, 4.69) is 10.5 Å². The topological polar surface area (TPSA) is 102 Å². The van der Waals surface area contributed by atoms with Crippen molar-refractivity contribution in [1.29, 1.82) is 0 Å². The van der Waals surface area contributed by atoms with Gasteiger partial charge in [-0.05, 0) is 12.5 Å². The second kappa shape index (κ2) is 8.32. The lowest BCUT2D eigenvalue weighted by molar-refractivity contribution is -0.508. The monoisotopic (exact) mass is 257 g/mol. The van der Waals surface area contributed by atoms with E-state index in [-0.39, 0.29) is 12.5 Å². The molecule has 0 aliphatic rings. The second-order valence-corrected chi connectivity index (χ2v) is 3.89. The number of hydrogen-bond donors (Lipinski definition) is 1. The van der Waals surface area contributed by atoms with Crippen molar-refractivity contribution in [2.45, 2.75) is 45.7 Å². The highest BCUT2D eigenvalue weighted by atomic mass is 16.6. The Balaban J connectivity index is 4.68. The lowest BCUT2D eigenvalue weighted by Crippen LogP contribution is -2.30. The van der Waals surface area contributed by atoms with Crippen LogP contribution in [0.25, 0.3) is 0 Å². The number of nitrogens with zero attached hydrogens (tertiary/aromatic N) is 2. The van der Waals surface area contributed by atoms with Gasteiger partial charge in [0.25, 0.3) is 0 Å². The lowest BCUT2D eigenvalue weighted by atomic mass is 10.0. The summed E-state index contributed by atoms with van der Waals surface area (Å²) >= 11 is 0. The van der Waals surface area contributed by atoms with Gasteiger partial charge in [-0.25, -0.2) is 0 Å². The Morgan fingerprint density at radius 3 is 2.44 bits per heavy atom. The molecule has 0 aliphatic carbocycles. The minimum atomic E-state index is -0.846. The van der Waals surface area contributed by atoms with Crippen LogP contribution in [0.3, 0.4) is 0 Å². The fraction of sp³-hybridized carbons (Fsp3) is 0.727. The predicted octanol–water partition coefficient (Wildman–Crippen LogP) is 1.65. The molecule has 0 saturated heterocycles. The fourth-order valence-electron chi connectivity index (χ4n) is 1.41. The van der Waals surface area contributed by atoms with Gasteiger partial charge in [-0.3, -0.25) is 14.9 Å². The van der Waals surface area contributed by atoms with Crippen LogP contribution in [0, 0.1) is 15.0 Å². The first-order valence-corrected chi connectivity index (χ1v) is 5.89. The first-order chi connectivity index (χ1) is 8.46. The maximum Gasteiger partial charge on any atom is 0.231 e. The highest BCUT2D eigenvalue weighted by Crippen LogP contribution is 2.12. The van der Waals surface area contributed by atoms with Crippen molar-refractivity contribution in [3.05, 3.63) is 26.7 Å². The number of nitro groups is 1. The minimum Gasteiger partial charge on any atom is -0.354 e. The molecular weight excluding hydrogens is 238 g/mol. The van der Waals surface area contributed by atoms with Crippen molar-refractivity contribution in [3.8, 4) is 0 Å². The Morgan fingerprint density at radius 2 is 2.06 bits per heavy atom. The minimum absolute atomic E-state index is 0.0735. The number of carbonyl (C=O) groups is 1. The molecule has 0 heterocycles. The summed E-state index contributed by atoms with van der Waals surface area (Å²) in [6.45, 7) is 5.01. The highest BCUT2D eigenvalue weighted by molar-refractivity contribution is 5.75. The molecule has 0 saturated carbocycles. The number of hydrogen-bond acceptors (Lipinski definition) is 5. The standard InChI is InChI=1S/C11H19N3O4/c1-4-9(8(3)14(17)18)6-10(13-16)7-12-11(15)5-2/h6,8,10H,4-5,7H2,1-3H3,(H,12,15). The van der Waals surface area contributed by atoms with E-state index in [0.29, 0.717) is 18.4 Å². The van der Waals surface area contributed by atoms with Gasteiger partial charge >= 0.3 is 0 Å². The van der Waals surface area contributed by atoms with Crippen molar-refractivity contribution in [1.82, 2.24) is 5.32 Å². The van der Waals surface area contributed by atoms with Crippen LogP contribution in [0.1, 0.15) is 33.6 Å². The number of nitroso groups, excluding NO2 is 1. The highest BCUT2D eigenvalue weighted by Gasteiger charge is 2.19. The largest absolute Gasteiger partial charge is 0.354 e. The van der Waals surface area contributed by atoms with Gasteiger partial charge in [0, 0.05) is 30.4 Å². The summed E-state index contributed by atoms with van der Waals surface area (Å²) < 4.78 is 0. The van der Waals surface area contributed by atoms with Crippen LogP contribution in [0.4, 0.5) is 0 Å². The van der Waals surface area contributed by atoms with Crippen molar-refractivity contribution >= 4 is 5.91 Å². The smallest absolute Gasteiger partial charge is 0.231 e. The molecule has 102 valence electrons. The zero-order chi connectivity index (χ0) is 14.1. The van der Waals surface area contributed by atoms with Crippen molar-refractivity contribution in [2.75, 3.05) is 6.54 Å². The summed E-state index contributed by atoms with van der Waals surface area (Å²) in [6.07, 6.45) is 2.26. The summed E-state index contributed by atoms with van der Waals surface area (Å²) in [7, 11) is 0. The molecule has 1 amide bonds. The van der Waals surface area contributed by atoms with Crippen LogP contribution >= 0.6 is 0 Å². The first-order valence-electron chi connectivity index (χ1n) is 5.89. The molecule has 2 atom stereocenters. The zero-order valence-corrected chi connectivity index (χ0v) is 10.9. The summed E-state index contributed by atoms with van der Waals surface area (Å²) in [5, 5.41) is 16.1. The zero-order valence-electron chi connectivity index (χ0n) is 10.9. The summed E-state index contributed by atoms with van der Waals surface area (Å²) in [5.74, 6) is -0.183. The molecular formula is C11H19N3O4. The van der Waals surface area contributed by atoms with E-state index in [1.54, 1.807) is 13.8 Å². The van der Waals surface area contributed by atoms with Crippen LogP contribution in [0.15, 0.2) is 16.8 Å². The molecule has 7 heteroatoms. The maximum atomic E-state index is 11.0. The average molecular weight is 257 g/mol. The van der Waals surface area contributed by atoms with E-state index < -0.39 is 17.0 Å². The Hall–Kier alpha value is -1.79. The van der Waals surface area contributed by atoms with E-state index in [0.717, 1.165) is 0 Å². The molecule has 1 N–H and O–H groups in total. The van der Waals surface area contributed by atoms with Gasteiger partial charge in [0.2, 0.25) is 11.9 Å². The fourth-order valence-corrected chi connectivity index (χ4v) is 1.41. The van der Waals surface area contributed by atoms with Crippen molar-refractivity contribution in [2.24, 2.45) is 5.18 Å². The first kappa shape index (κ1) is 16.2. The quantitative estimate of drug-likeness (QED) is 0.309. The van der Waals surface area contributed by atoms with E-state index in [9.17, 15) is 19.8 Å². The molecule has 0 bridgehead atoms. The molecule has 2 unspecified atom stereocenters. The Bertz CT molecular complexity index is 341. The van der Waals surface area contributed by atoms with Gasteiger partial charge in [-0.15, -0.1) is 0 Å².